The summed E-state index contributed by atoms with van der Waals surface area (Å²) >= 11 is 0. The van der Waals surface area contributed by atoms with Gasteiger partial charge in [-0.05, 0) is 50.5 Å². The molecule has 1 aliphatic heterocycles. The lowest BCUT2D eigenvalue weighted by molar-refractivity contribution is -0.129. The summed E-state index contributed by atoms with van der Waals surface area (Å²) in [5, 5.41) is 4.37. The second-order valence-electron chi connectivity index (χ2n) is 6.10. The summed E-state index contributed by atoms with van der Waals surface area (Å²) in [7, 11) is 0. The van der Waals surface area contributed by atoms with Crippen molar-refractivity contribution in [1.29, 1.82) is 0 Å². The SMILES string of the molecule is CC(=O)N1CCC[C@@H]1c1ccnc(-c2ccnn2C(C)C)c1. The highest BCUT2D eigenvalue weighted by molar-refractivity contribution is 5.74. The van der Waals surface area contributed by atoms with Crippen LogP contribution in [0.2, 0.25) is 0 Å². The van der Waals surface area contributed by atoms with E-state index in [1.807, 2.05) is 27.9 Å². The number of rotatable bonds is 3. The number of amides is 1. The first-order chi connectivity index (χ1) is 10.6. The van der Waals surface area contributed by atoms with E-state index in [9.17, 15) is 4.79 Å². The fourth-order valence-corrected chi connectivity index (χ4v) is 3.21. The molecule has 0 unspecified atom stereocenters. The molecule has 2 aromatic rings. The number of aromatic nitrogens is 3. The maximum atomic E-state index is 11.8. The molecule has 5 nitrogen and oxygen atoms in total. The van der Waals surface area contributed by atoms with Crippen LogP contribution >= 0.6 is 0 Å². The van der Waals surface area contributed by atoms with Crippen molar-refractivity contribution in [2.24, 2.45) is 0 Å². The smallest absolute Gasteiger partial charge is 0.219 e. The minimum Gasteiger partial charge on any atom is -0.336 e. The molecule has 22 heavy (non-hydrogen) atoms. The van der Waals surface area contributed by atoms with Gasteiger partial charge in [0, 0.05) is 31.9 Å². The van der Waals surface area contributed by atoms with Gasteiger partial charge in [0.2, 0.25) is 5.91 Å². The molecule has 0 spiro atoms. The van der Waals surface area contributed by atoms with Crippen LogP contribution in [0, 0.1) is 0 Å². The van der Waals surface area contributed by atoms with Gasteiger partial charge in [0.25, 0.3) is 0 Å². The first kappa shape index (κ1) is 14.8. The van der Waals surface area contributed by atoms with Gasteiger partial charge in [0.1, 0.15) is 0 Å². The monoisotopic (exact) mass is 298 g/mol. The maximum Gasteiger partial charge on any atom is 0.219 e. The Hall–Kier alpha value is -2.17. The van der Waals surface area contributed by atoms with Crippen LogP contribution < -0.4 is 0 Å². The van der Waals surface area contributed by atoms with E-state index in [4.69, 9.17) is 0 Å². The molecule has 2 aromatic heterocycles. The Labute approximate surface area is 131 Å². The zero-order valence-electron chi connectivity index (χ0n) is 13.4. The summed E-state index contributed by atoms with van der Waals surface area (Å²) in [5.41, 5.74) is 3.09. The van der Waals surface area contributed by atoms with E-state index in [-0.39, 0.29) is 18.0 Å². The normalized spacial score (nSPS) is 18.2. The van der Waals surface area contributed by atoms with E-state index in [2.05, 4.69) is 30.0 Å². The molecule has 1 saturated heterocycles. The van der Waals surface area contributed by atoms with Gasteiger partial charge in [-0.3, -0.25) is 14.5 Å². The van der Waals surface area contributed by atoms with Crippen molar-refractivity contribution in [2.45, 2.75) is 45.7 Å². The largest absolute Gasteiger partial charge is 0.336 e. The van der Waals surface area contributed by atoms with Crippen LogP contribution in [0.25, 0.3) is 11.4 Å². The molecule has 0 bridgehead atoms. The van der Waals surface area contributed by atoms with Gasteiger partial charge in [-0.2, -0.15) is 5.10 Å². The van der Waals surface area contributed by atoms with Gasteiger partial charge in [-0.25, -0.2) is 0 Å². The molecule has 0 radical (unpaired) electrons. The van der Waals surface area contributed by atoms with E-state index >= 15 is 0 Å². The van der Waals surface area contributed by atoms with Gasteiger partial charge in [-0.1, -0.05) is 0 Å². The van der Waals surface area contributed by atoms with Crippen molar-refractivity contribution < 1.29 is 4.79 Å². The van der Waals surface area contributed by atoms with Crippen LogP contribution in [0.3, 0.4) is 0 Å². The van der Waals surface area contributed by atoms with Crippen LogP contribution in [-0.2, 0) is 4.79 Å². The third-order valence-electron chi connectivity index (χ3n) is 4.25. The lowest BCUT2D eigenvalue weighted by Gasteiger charge is -2.24. The van der Waals surface area contributed by atoms with Crippen molar-refractivity contribution in [3.05, 3.63) is 36.2 Å². The molecule has 1 fully saturated rings. The second kappa shape index (κ2) is 5.91. The lowest BCUT2D eigenvalue weighted by Crippen LogP contribution is -2.28. The van der Waals surface area contributed by atoms with Crippen LogP contribution in [0.4, 0.5) is 0 Å². The highest BCUT2D eigenvalue weighted by atomic mass is 16.2. The molecule has 3 rings (SSSR count). The average molecular weight is 298 g/mol. The highest BCUT2D eigenvalue weighted by Gasteiger charge is 2.28. The maximum absolute atomic E-state index is 11.8. The van der Waals surface area contributed by atoms with E-state index in [0.29, 0.717) is 0 Å². The van der Waals surface area contributed by atoms with E-state index in [0.717, 1.165) is 36.3 Å². The lowest BCUT2D eigenvalue weighted by atomic mass is 10.0. The molecule has 5 heteroatoms. The van der Waals surface area contributed by atoms with Crippen molar-refractivity contribution >= 4 is 5.91 Å². The number of pyridine rings is 1. The van der Waals surface area contributed by atoms with Crippen molar-refractivity contribution in [1.82, 2.24) is 19.7 Å². The zero-order valence-corrected chi connectivity index (χ0v) is 13.4. The molecule has 1 amide bonds. The molecule has 3 heterocycles. The Morgan fingerprint density at radius 1 is 1.32 bits per heavy atom. The average Bonchev–Trinajstić information content (AvgIpc) is 3.16. The zero-order chi connectivity index (χ0) is 15.7. The van der Waals surface area contributed by atoms with Crippen molar-refractivity contribution in [2.75, 3.05) is 6.54 Å². The standard InChI is InChI=1S/C17H22N4O/c1-12(2)21-17(7-9-19-21)15-11-14(6-8-18-15)16-5-4-10-20(16)13(3)22/h6-9,11-12,16H,4-5,10H2,1-3H3/t16-/m1/s1. The van der Waals surface area contributed by atoms with Gasteiger partial charge < -0.3 is 4.90 Å². The summed E-state index contributed by atoms with van der Waals surface area (Å²) in [5.74, 6) is 0.146. The first-order valence-corrected chi connectivity index (χ1v) is 7.85. The van der Waals surface area contributed by atoms with Gasteiger partial charge in [0.05, 0.1) is 17.4 Å². The van der Waals surface area contributed by atoms with Gasteiger partial charge in [0.15, 0.2) is 0 Å². The van der Waals surface area contributed by atoms with Crippen LogP contribution in [0.5, 0.6) is 0 Å². The van der Waals surface area contributed by atoms with Crippen molar-refractivity contribution in [3.63, 3.8) is 0 Å². The van der Waals surface area contributed by atoms with Crippen LogP contribution in [-0.4, -0.2) is 32.1 Å². The quantitative estimate of drug-likeness (QED) is 0.874. The Balaban J connectivity index is 1.96. The molecule has 0 N–H and O–H groups in total. The Bertz CT molecular complexity index is 677. The van der Waals surface area contributed by atoms with Crippen LogP contribution in [0.15, 0.2) is 30.6 Å². The molecule has 1 atom stereocenters. The summed E-state index contributed by atoms with van der Waals surface area (Å²) in [6, 6.07) is 6.57. The fourth-order valence-electron chi connectivity index (χ4n) is 3.21. The summed E-state index contributed by atoms with van der Waals surface area (Å²) in [6.45, 7) is 6.71. The molecule has 1 aliphatic rings. The number of likely N-dealkylation sites (tertiary alicyclic amines) is 1. The highest BCUT2D eigenvalue weighted by Crippen LogP contribution is 2.33. The number of carbonyl (C=O) groups is 1. The molecular formula is C17H22N4O. The third kappa shape index (κ3) is 2.63. The number of hydrogen-bond donors (Lipinski definition) is 0. The number of nitrogens with zero attached hydrogens (tertiary/aromatic N) is 4. The fraction of sp³-hybridized carbons (Fsp3) is 0.471. The number of carbonyl (C=O) groups excluding carboxylic acids is 1. The Morgan fingerprint density at radius 2 is 2.14 bits per heavy atom. The van der Waals surface area contributed by atoms with E-state index in [1.54, 1.807) is 13.1 Å². The summed E-state index contributed by atoms with van der Waals surface area (Å²) < 4.78 is 1.98. The molecule has 0 aromatic carbocycles. The second-order valence-corrected chi connectivity index (χ2v) is 6.10. The predicted molar refractivity (Wildman–Crippen MR) is 85.2 cm³/mol. The van der Waals surface area contributed by atoms with E-state index in [1.165, 1.54) is 0 Å². The molecular weight excluding hydrogens is 276 g/mol. The third-order valence-corrected chi connectivity index (χ3v) is 4.25. The summed E-state index contributed by atoms with van der Waals surface area (Å²) in [4.78, 5) is 18.2. The summed E-state index contributed by atoms with van der Waals surface area (Å²) in [6.07, 6.45) is 5.72. The van der Waals surface area contributed by atoms with Crippen molar-refractivity contribution in [3.8, 4) is 11.4 Å². The minimum absolute atomic E-state index is 0.146. The Kier molecular flexibility index (Phi) is 3.96. The number of hydrogen-bond acceptors (Lipinski definition) is 3. The molecule has 116 valence electrons. The van der Waals surface area contributed by atoms with E-state index < -0.39 is 0 Å². The predicted octanol–water partition coefficient (Wildman–Crippen LogP) is 3.21. The topological polar surface area (TPSA) is 51.0 Å². The Morgan fingerprint density at radius 3 is 2.86 bits per heavy atom. The van der Waals surface area contributed by atoms with Crippen LogP contribution in [0.1, 0.15) is 51.3 Å². The first-order valence-electron chi connectivity index (χ1n) is 7.85. The molecule has 0 aliphatic carbocycles. The minimum atomic E-state index is 0.146. The molecule has 0 saturated carbocycles. The van der Waals surface area contributed by atoms with Gasteiger partial charge >= 0.3 is 0 Å². The van der Waals surface area contributed by atoms with Gasteiger partial charge in [-0.15, -0.1) is 0 Å².